The maximum atomic E-state index is 9.86. The van der Waals surface area contributed by atoms with Crippen molar-refractivity contribution in [1.29, 1.82) is 0 Å². The molecule has 5 atom stereocenters. The van der Waals surface area contributed by atoms with Gasteiger partial charge in [0.15, 0.2) is 0 Å². The molecule has 0 fully saturated rings. The van der Waals surface area contributed by atoms with Crippen LogP contribution in [-0.2, 0) is 4.79 Å². The fourth-order valence-corrected chi connectivity index (χ4v) is 1.14. The molecule has 0 aromatic heterocycles. The zero-order valence-electron chi connectivity index (χ0n) is 11.1. The van der Waals surface area contributed by atoms with E-state index in [-0.39, 0.29) is 0 Å². The van der Waals surface area contributed by atoms with Gasteiger partial charge in [-0.15, -0.1) is 0 Å². The molecule has 8 heteroatoms. The summed E-state index contributed by atoms with van der Waals surface area (Å²) < 4.78 is 0. The average Bonchev–Trinajstić information content (AvgIpc) is 2.14. The number of aliphatic hydroxyl groups is 4. The highest BCUT2D eigenvalue weighted by atomic mass is 16.4. The lowest BCUT2D eigenvalue weighted by molar-refractivity contribution is -0.159. The van der Waals surface area contributed by atoms with Crippen LogP contribution in [0.1, 0.15) is 27.7 Å². The standard InChI is InChI=1S/C6H15NO3.C4H9NO3/c1-4(8)7(5(2)9)6(3)10;1-2(6)3(5)4(7)8/h4-6,8-10H,1-3H3;2-3,6H,5H2,1H3,(H,7,8)/t;2-,3+/m.1/s1. The van der Waals surface area contributed by atoms with Gasteiger partial charge in [0.2, 0.25) is 0 Å². The number of hydrogen-bond acceptors (Lipinski definition) is 7. The molecule has 0 aromatic rings. The molecule has 18 heavy (non-hydrogen) atoms. The Morgan fingerprint density at radius 3 is 1.22 bits per heavy atom. The van der Waals surface area contributed by atoms with E-state index in [1.54, 1.807) is 0 Å². The van der Waals surface area contributed by atoms with E-state index >= 15 is 0 Å². The van der Waals surface area contributed by atoms with Gasteiger partial charge in [-0.05, 0) is 27.7 Å². The van der Waals surface area contributed by atoms with E-state index in [0.29, 0.717) is 0 Å². The molecule has 0 aromatic carbocycles. The maximum Gasteiger partial charge on any atom is 0.323 e. The Kier molecular flexibility index (Phi) is 10.00. The Morgan fingerprint density at radius 2 is 1.22 bits per heavy atom. The summed E-state index contributed by atoms with van der Waals surface area (Å²) in [5, 5.41) is 43.4. The van der Waals surface area contributed by atoms with Gasteiger partial charge >= 0.3 is 5.97 Å². The fourth-order valence-electron chi connectivity index (χ4n) is 1.14. The summed E-state index contributed by atoms with van der Waals surface area (Å²) in [5.74, 6) is -1.18. The smallest absolute Gasteiger partial charge is 0.323 e. The first-order valence-electron chi connectivity index (χ1n) is 5.50. The number of carboxylic acids is 1. The largest absolute Gasteiger partial charge is 0.480 e. The van der Waals surface area contributed by atoms with Gasteiger partial charge in [0.05, 0.1) is 6.10 Å². The molecule has 0 spiro atoms. The molecule has 0 amide bonds. The Morgan fingerprint density at radius 1 is 0.944 bits per heavy atom. The number of aliphatic carboxylic acids is 1. The summed E-state index contributed by atoms with van der Waals surface area (Å²) in [7, 11) is 0. The van der Waals surface area contributed by atoms with Gasteiger partial charge in [0, 0.05) is 0 Å². The molecule has 0 saturated heterocycles. The van der Waals surface area contributed by atoms with Crippen molar-refractivity contribution < 1.29 is 30.3 Å². The first-order chi connectivity index (χ1) is 8.02. The summed E-state index contributed by atoms with van der Waals surface area (Å²) in [6, 6.07) is -1.16. The fraction of sp³-hybridized carbons (Fsp3) is 0.900. The van der Waals surface area contributed by atoms with Crippen LogP contribution in [0.3, 0.4) is 0 Å². The van der Waals surface area contributed by atoms with Gasteiger partial charge in [0.25, 0.3) is 0 Å². The quantitative estimate of drug-likeness (QED) is 0.316. The van der Waals surface area contributed by atoms with Gasteiger partial charge in [-0.1, -0.05) is 0 Å². The monoisotopic (exact) mass is 268 g/mol. The molecule has 0 radical (unpaired) electrons. The van der Waals surface area contributed by atoms with E-state index < -0.39 is 36.8 Å². The van der Waals surface area contributed by atoms with Gasteiger partial charge in [-0.3, -0.25) is 4.79 Å². The summed E-state index contributed by atoms with van der Waals surface area (Å²) in [5.41, 5.74) is 4.91. The summed E-state index contributed by atoms with van der Waals surface area (Å²) >= 11 is 0. The molecule has 7 N–H and O–H groups in total. The molecule has 0 aliphatic rings. The van der Waals surface area contributed by atoms with Crippen molar-refractivity contribution in [2.75, 3.05) is 0 Å². The predicted molar refractivity (Wildman–Crippen MR) is 64.2 cm³/mol. The summed E-state index contributed by atoms with van der Waals surface area (Å²) in [4.78, 5) is 11.0. The number of aliphatic hydroxyl groups excluding tert-OH is 4. The van der Waals surface area contributed by atoms with E-state index in [2.05, 4.69) is 0 Å². The van der Waals surface area contributed by atoms with E-state index in [1.807, 2.05) is 0 Å². The van der Waals surface area contributed by atoms with Crippen molar-refractivity contribution in [2.24, 2.45) is 5.73 Å². The van der Waals surface area contributed by atoms with Crippen LogP contribution in [0.4, 0.5) is 0 Å². The summed E-state index contributed by atoms with van der Waals surface area (Å²) in [6.07, 6.45) is -3.48. The number of nitrogens with zero attached hydrogens (tertiary/aromatic N) is 1. The third-order valence-corrected chi connectivity index (χ3v) is 2.10. The van der Waals surface area contributed by atoms with Crippen molar-refractivity contribution in [1.82, 2.24) is 4.90 Å². The first-order valence-corrected chi connectivity index (χ1v) is 5.50. The molecular weight excluding hydrogens is 244 g/mol. The normalized spacial score (nSPS) is 19.2. The van der Waals surface area contributed by atoms with Crippen LogP contribution in [0.15, 0.2) is 0 Å². The lowest BCUT2D eigenvalue weighted by Crippen LogP contribution is -2.45. The van der Waals surface area contributed by atoms with Gasteiger partial charge < -0.3 is 31.3 Å². The van der Waals surface area contributed by atoms with Crippen LogP contribution in [0, 0.1) is 0 Å². The Labute approximate surface area is 106 Å². The lowest BCUT2D eigenvalue weighted by Gasteiger charge is -2.30. The molecule has 8 nitrogen and oxygen atoms in total. The first kappa shape index (κ1) is 19.6. The lowest BCUT2D eigenvalue weighted by atomic mass is 10.2. The predicted octanol–water partition coefficient (Wildman–Crippen LogP) is -1.92. The second-order valence-electron chi connectivity index (χ2n) is 3.95. The van der Waals surface area contributed by atoms with Crippen LogP contribution in [0.5, 0.6) is 0 Å². The number of hydrogen-bond donors (Lipinski definition) is 6. The van der Waals surface area contributed by atoms with Gasteiger partial charge in [-0.2, -0.15) is 0 Å². The zero-order chi connectivity index (χ0) is 15.0. The molecule has 3 unspecified atom stereocenters. The van der Waals surface area contributed by atoms with Crippen molar-refractivity contribution >= 4 is 5.97 Å². The molecule has 110 valence electrons. The molecule has 0 aliphatic heterocycles. The van der Waals surface area contributed by atoms with Gasteiger partial charge in [-0.25, -0.2) is 4.90 Å². The third-order valence-electron chi connectivity index (χ3n) is 2.10. The number of rotatable bonds is 5. The molecular formula is C10H24N2O6. The second-order valence-corrected chi connectivity index (χ2v) is 3.95. The van der Waals surface area contributed by atoms with E-state index in [0.717, 1.165) is 0 Å². The Hall–Kier alpha value is -0.770. The number of carboxylic acid groups (broad SMARTS) is 1. The van der Waals surface area contributed by atoms with Crippen LogP contribution in [-0.4, -0.2) is 67.2 Å². The van der Waals surface area contributed by atoms with Crippen molar-refractivity contribution in [3.05, 3.63) is 0 Å². The number of nitrogens with two attached hydrogens (primary N) is 1. The Balaban J connectivity index is 0. The van der Waals surface area contributed by atoms with E-state index in [1.165, 1.54) is 32.6 Å². The van der Waals surface area contributed by atoms with E-state index in [9.17, 15) is 4.79 Å². The molecule has 0 heterocycles. The highest BCUT2D eigenvalue weighted by Gasteiger charge is 2.20. The van der Waals surface area contributed by atoms with Crippen LogP contribution in [0.2, 0.25) is 0 Å². The topological polar surface area (TPSA) is 147 Å². The second kappa shape index (κ2) is 9.20. The minimum Gasteiger partial charge on any atom is -0.480 e. The van der Waals surface area contributed by atoms with Crippen molar-refractivity contribution in [3.8, 4) is 0 Å². The highest BCUT2D eigenvalue weighted by Crippen LogP contribution is 2.04. The molecule has 0 saturated carbocycles. The third kappa shape index (κ3) is 8.34. The van der Waals surface area contributed by atoms with Crippen LogP contribution in [0.25, 0.3) is 0 Å². The number of carbonyl (C=O) groups is 1. The SMILES string of the molecule is CC(O)N(C(C)O)C(C)O.C[C@@H](O)[C@H](N)C(=O)O. The van der Waals surface area contributed by atoms with E-state index in [4.69, 9.17) is 31.3 Å². The van der Waals surface area contributed by atoms with Crippen molar-refractivity contribution in [2.45, 2.75) is 58.5 Å². The van der Waals surface area contributed by atoms with Crippen molar-refractivity contribution in [3.63, 3.8) is 0 Å². The minimum absolute atomic E-state index is 0.833. The maximum absolute atomic E-state index is 9.86. The Bertz CT molecular complexity index is 213. The summed E-state index contributed by atoms with van der Waals surface area (Å²) in [6.45, 7) is 5.79. The zero-order valence-corrected chi connectivity index (χ0v) is 11.1. The van der Waals surface area contributed by atoms with Crippen LogP contribution < -0.4 is 5.73 Å². The van der Waals surface area contributed by atoms with Gasteiger partial charge in [0.1, 0.15) is 24.7 Å². The average molecular weight is 268 g/mol. The molecule has 0 bridgehead atoms. The molecule has 0 rings (SSSR count). The van der Waals surface area contributed by atoms with Crippen LogP contribution >= 0.6 is 0 Å². The minimum atomic E-state index is -1.18. The molecule has 0 aliphatic carbocycles. The highest BCUT2D eigenvalue weighted by molar-refractivity contribution is 5.73.